The number of hydrogen-bond donors (Lipinski definition) is 0. The highest BCUT2D eigenvalue weighted by molar-refractivity contribution is 5.92. The van der Waals surface area contributed by atoms with Gasteiger partial charge in [-0.3, -0.25) is 0 Å². The molecule has 74 valence electrons. The summed E-state index contributed by atoms with van der Waals surface area (Å²) < 4.78 is 2.06. The van der Waals surface area contributed by atoms with Crippen molar-refractivity contribution in [2.45, 2.75) is 6.92 Å². The maximum atomic E-state index is 5.54. The van der Waals surface area contributed by atoms with Gasteiger partial charge in [-0.25, -0.2) is 0 Å². The highest BCUT2D eigenvalue weighted by Crippen LogP contribution is 2.25. The second-order valence-corrected chi connectivity index (χ2v) is 3.48. The van der Waals surface area contributed by atoms with Crippen LogP contribution in [-0.4, -0.2) is 4.57 Å². The van der Waals surface area contributed by atoms with Crippen molar-refractivity contribution in [3.05, 3.63) is 41.6 Å². The summed E-state index contributed by atoms with van der Waals surface area (Å²) in [5.74, 6) is 2.75. The van der Waals surface area contributed by atoms with Crippen molar-refractivity contribution in [2.24, 2.45) is 7.05 Å². The molecule has 0 amide bonds. The van der Waals surface area contributed by atoms with E-state index in [-0.39, 0.29) is 0 Å². The third-order valence-corrected chi connectivity index (χ3v) is 2.62. The molecule has 0 unspecified atom stereocenters. The van der Waals surface area contributed by atoms with E-state index < -0.39 is 0 Å². The Morgan fingerprint density at radius 2 is 2.07 bits per heavy atom. The lowest BCUT2D eigenvalue weighted by Gasteiger charge is -1.96. The Morgan fingerprint density at radius 3 is 2.73 bits per heavy atom. The molecule has 0 fully saturated rings. The topological polar surface area (TPSA) is 4.93 Å². The second-order valence-electron chi connectivity index (χ2n) is 3.48. The first kappa shape index (κ1) is 9.61. The average molecular weight is 195 g/mol. The van der Waals surface area contributed by atoms with Crippen LogP contribution in [0.25, 0.3) is 17.0 Å². The molecule has 0 radical (unpaired) electrons. The number of aryl methyl sites for hydroxylation is 1. The van der Waals surface area contributed by atoms with E-state index in [0.29, 0.717) is 0 Å². The molecule has 2 aromatic rings. The van der Waals surface area contributed by atoms with Crippen LogP contribution in [0, 0.1) is 12.3 Å². The number of terminal acetylenes is 1. The molecule has 2 rings (SSSR count). The maximum absolute atomic E-state index is 5.54. The number of aromatic nitrogens is 1. The SMILES string of the molecule is C#Cc1c(/C=C\C)c2ccccc2n1C. The van der Waals surface area contributed by atoms with E-state index in [2.05, 4.69) is 28.7 Å². The van der Waals surface area contributed by atoms with Crippen molar-refractivity contribution in [1.82, 2.24) is 4.57 Å². The van der Waals surface area contributed by atoms with Gasteiger partial charge < -0.3 is 4.57 Å². The first-order valence-corrected chi connectivity index (χ1v) is 4.96. The molecule has 0 spiro atoms. The summed E-state index contributed by atoms with van der Waals surface area (Å²) in [6, 6.07) is 8.26. The molecule has 0 N–H and O–H groups in total. The lowest BCUT2D eigenvalue weighted by molar-refractivity contribution is 0.950. The summed E-state index contributed by atoms with van der Waals surface area (Å²) in [5, 5.41) is 1.21. The molecular formula is C14H13N. The number of fused-ring (bicyclic) bond motifs is 1. The van der Waals surface area contributed by atoms with Gasteiger partial charge in [0.2, 0.25) is 0 Å². The van der Waals surface area contributed by atoms with Gasteiger partial charge >= 0.3 is 0 Å². The van der Waals surface area contributed by atoms with Crippen LogP contribution < -0.4 is 0 Å². The average Bonchev–Trinajstić information content (AvgIpc) is 2.54. The smallest absolute Gasteiger partial charge is 0.0998 e. The highest BCUT2D eigenvalue weighted by atomic mass is 14.9. The molecule has 0 saturated carbocycles. The van der Waals surface area contributed by atoms with Crippen LogP contribution in [0.3, 0.4) is 0 Å². The second kappa shape index (κ2) is 3.67. The zero-order valence-corrected chi connectivity index (χ0v) is 8.99. The quantitative estimate of drug-likeness (QED) is 0.616. The number of benzene rings is 1. The number of hydrogen-bond acceptors (Lipinski definition) is 0. The Bertz CT molecular complexity index is 565. The van der Waals surface area contributed by atoms with Crippen LogP contribution in [0.15, 0.2) is 30.3 Å². The summed E-state index contributed by atoms with van der Waals surface area (Å²) in [7, 11) is 2.00. The van der Waals surface area contributed by atoms with E-state index in [1.54, 1.807) is 0 Å². The Morgan fingerprint density at radius 1 is 1.33 bits per heavy atom. The van der Waals surface area contributed by atoms with Gasteiger partial charge in [-0.1, -0.05) is 36.3 Å². The molecule has 1 nitrogen and oxygen atoms in total. The van der Waals surface area contributed by atoms with Crippen LogP contribution in [0.4, 0.5) is 0 Å². The van der Waals surface area contributed by atoms with E-state index in [1.165, 1.54) is 10.9 Å². The van der Waals surface area contributed by atoms with Crippen molar-refractivity contribution in [2.75, 3.05) is 0 Å². The molecule has 0 aliphatic carbocycles. The largest absolute Gasteiger partial charge is 0.337 e. The van der Waals surface area contributed by atoms with E-state index in [0.717, 1.165) is 11.3 Å². The minimum atomic E-state index is 0.939. The fraction of sp³-hybridized carbons (Fsp3) is 0.143. The van der Waals surface area contributed by atoms with E-state index >= 15 is 0 Å². The molecule has 0 aliphatic heterocycles. The summed E-state index contributed by atoms with van der Waals surface area (Å²) in [5.41, 5.74) is 3.26. The van der Waals surface area contributed by atoms with Crippen LogP contribution in [0.5, 0.6) is 0 Å². The normalized spacial score (nSPS) is 11.0. The van der Waals surface area contributed by atoms with Gasteiger partial charge in [-0.2, -0.15) is 0 Å². The zero-order valence-electron chi connectivity index (χ0n) is 8.99. The van der Waals surface area contributed by atoms with Crippen molar-refractivity contribution in [1.29, 1.82) is 0 Å². The van der Waals surface area contributed by atoms with Gasteiger partial charge in [-0.15, -0.1) is 6.42 Å². The summed E-state index contributed by atoms with van der Waals surface area (Å²) in [6.07, 6.45) is 9.62. The molecule has 0 aliphatic rings. The van der Waals surface area contributed by atoms with Crippen molar-refractivity contribution in [3.63, 3.8) is 0 Å². The van der Waals surface area contributed by atoms with Crippen molar-refractivity contribution >= 4 is 17.0 Å². The first-order valence-electron chi connectivity index (χ1n) is 4.96. The van der Waals surface area contributed by atoms with Gasteiger partial charge in [-0.05, 0) is 13.0 Å². The number of allylic oxidation sites excluding steroid dienone is 1. The number of nitrogens with zero attached hydrogens (tertiary/aromatic N) is 1. The molecular weight excluding hydrogens is 182 g/mol. The van der Waals surface area contributed by atoms with Gasteiger partial charge in [0.15, 0.2) is 0 Å². The van der Waals surface area contributed by atoms with E-state index in [9.17, 15) is 0 Å². The molecule has 1 heteroatoms. The monoisotopic (exact) mass is 195 g/mol. The van der Waals surface area contributed by atoms with Crippen molar-refractivity contribution < 1.29 is 0 Å². The Hall–Kier alpha value is -1.94. The lowest BCUT2D eigenvalue weighted by atomic mass is 10.1. The molecule has 15 heavy (non-hydrogen) atoms. The minimum absolute atomic E-state index is 0.939. The van der Waals surface area contributed by atoms with E-state index in [1.807, 2.05) is 32.2 Å². The first-order chi connectivity index (χ1) is 7.29. The van der Waals surface area contributed by atoms with Crippen LogP contribution in [0.2, 0.25) is 0 Å². The van der Waals surface area contributed by atoms with Gasteiger partial charge in [0, 0.05) is 23.5 Å². The number of rotatable bonds is 1. The molecule has 1 aromatic heterocycles. The van der Waals surface area contributed by atoms with Gasteiger partial charge in [0.05, 0.1) is 5.69 Å². The van der Waals surface area contributed by atoms with Crippen molar-refractivity contribution in [3.8, 4) is 12.3 Å². The fourth-order valence-corrected chi connectivity index (χ4v) is 1.93. The molecule has 0 atom stereocenters. The van der Waals surface area contributed by atoms with E-state index in [4.69, 9.17) is 6.42 Å². The minimum Gasteiger partial charge on any atom is -0.337 e. The standard InChI is InChI=1S/C14H13N/c1-4-8-11-12-9-6-7-10-14(12)15(3)13(11)5-2/h2,4,6-10H,1,3H3/b8-4-. The Kier molecular flexibility index (Phi) is 2.35. The molecule has 0 bridgehead atoms. The lowest BCUT2D eigenvalue weighted by Crippen LogP contribution is -1.91. The summed E-state index contributed by atoms with van der Waals surface area (Å²) in [6.45, 7) is 2.00. The summed E-state index contributed by atoms with van der Waals surface area (Å²) in [4.78, 5) is 0. The Balaban J connectivity index is 2.93. The Labute approximate surface area is 90.0 Å². The van der Waals surface area contributed by atoms with Gasteiger partial charge in [0.25, 0.3) is 0 Å². The third-order valence-electron chi connectivity index (χ3n) is 2.62. The fourth-order valence-electron chi connectivity index (χ4n) is 1.93. The zero-order chi connectivity index (χ0) is 10.8. The third kappa shape index (κ3) is 1.35. The molecule has 0 saturated heterocycles. The molecule has 1 aromatic carbocycles. The van der Waals surface area contributed by atoms with Crippen LogP contribution in [-0.2, 0) is 7.05 Å². The van der Waals surface area contributed by atoms with Gasteiger partial charge in [0.1, 0.15) is 0 Å². The highest BCUT2D eigenvalue weighted by Gasteiger charge is 2.09. The van der Waals surface area contributed by atoms with Crippen LogP contribution >= 0.6 is 0 Å². The number of para-hydroxylation sites is 1. The van der Waals surface area contributed by atoms with Crippen LogP contribution in [0.1, 0.15) is 18.2 Å². The predicted octanol–water partition coefficient (Wildman–Crippen LogP) is 3.19. The maximum Gasteiger partial charge on any atom is 0.0998 e. The summed E-state index contributed by atoms with van der Waals surface area (Å²) >= 11 is 0. The predicted molar refractivity (Wildman–Crippen MR) is 65.6 cm³/mol. The molecule has 1 heterocycles.